The van der Waals surface area contributed by atoms with Gasteiger partial charge < -0.3 is 15.3 Å². The first-order chi connectivity index (χ1) is 11.6. The number of hydrogen-bond donors (Lipinski definition) is 4. The second-order valence-electron chi connectivity index (χ2n) is 5.47. The van der Waals surface area contributed by atoms with Crippen molar-refractivity contribution in [3.8, 4) is 11.5 Å². The monoisotopic (exact) mass is 331 g/mol. The largest absolute Gasteiger partial charge is 0.508 e. The first-order valence-electron chi connectivity index (χ1n) is 7.67. The number of hydroxylamine groups is 1. The molecule has 4 N–H and O–H groups in total. The van der Waals surface area contributed by atoms with E-state index in [-0.39, 0.29) is 43.5 Å². The molecular formula is C18H21NO5. The van der Waals surface area contributed by atoms with E-state index < -0.39 is 5.92 Å². The highest BCUT2D eigenvalue weighted by Crippen LogP contribution is 2.25. The van der Waals surface area contributed by atoms with Crippen molar-refractivity contribution in [2.24, 2.45) is 5.92 Å². The number of aliphatic hydroxyl groups is 1. The minimum atomic E-state index is -0.554. The molecule has 0 aliphatic heterocycles. The lowest BCUT2D eigenvalue weighted by molar-refractivity contribution is -0.139. The van der Waals surface area contributed by atoms with Crippen molar-refractivity contribution in [3.05, 3.63) is 59.7 Å². The van der Waals surface area contributed by atoms with Crippen LogP contribution < -0.4 is 5.48 Å². The van der Waals surface area contributed by atoms with Gasteiger partial charge in [0, 0.05) is 18.6 Å². The molecule has 0 bridgehead atoms. The van der Waals surface area contributed by atoms with Crippen molar-refractivity contribution in [1.29, 1.82) is 0 Å². The van der Waals surface area contributed by atoms with Crippen LogP contribution in [0.2, 0.25) is 0 Å². The maximum Gasteiger partial charge on any atom is 0.247 e. The number of rotatable bonds is 8. The molecule has 0 spiro atoms. The van der Waals surface area contributed by atoms with Crippen molar-refractivity contribution in [2.45, 2.75) is 19.4 Å². The number of aromatic hydroxyl groups is 2. The molecule has 0 radical (unpaired) electrons. The zero-order valence-corrected chi connectivity index (χ0v) is 13.2. The van der Waals surface area contributed by atoms with E-state index in [1.54, 1.807) is 6.07 Å². The molecule has 2 rings (SSSR count). The highest BCUT2D eigenvalue weighted by Gasteiger charge is 2.20. The Balaban J connectivity index is 1.92. The minimum Gasteiger partial charge on any atom is -0.508 e. The third kappa shape index (κ3) is 5.26. The Labute approximate surface area is 140 Å². The molecule has 0 aromatic heterocycles. The summed E-state index contributed by atoms with van der Waals surface area (Å²) in [5.41, 5.74) is 3.83. The van der Waals surface area contributed by atoms with Crippen LogP contribution in [0.25, 0.3) is 0 Å². The lowest BCUT2D eigenvalue weighted by Gasteiger charge is -2.16. The van der Waals surface area contributed by atoms with E-state index in [0.29, 0.717) is 5.56 Å². The standard InChI is InChI=1S/C18H21NO5/c20-9-8-15(10-14-6-7-16(21)11-17(14)22)18(23)19-24-12-13-4-2-1-3-5-13/h1-7,11,15,20-22H,8-10,12H2,(H,19,23). The molecule has 1 amide bonds. The number of phenols is 2. The van der Waals surface area contributed by atoms with Crippen molar-refractivity contribution in [2.75, 3.05) is 6.61 Å². The minimum absolute atomic E-state index is 0.0504. The number of benzene rings is 2. The van der Waals surface area contributed by atoms with Gasteiger partial charge >= 0.3 is 0 Å². The number of carbonyl (C=O) groups excluding carboxylic acids is 1. The second-order valence-corrected chi connectivity index (χ2v) is 5.47. The van der Waals surface area contributed by atoms with Gasteiger partial charge in [-0.05, 0) is 30.0 Å². The molecule has 128 valence electrons. The lowest BCUT2D eigenvalue weighted by atomic mass is 9.95. The fourth-order valence-corrected chi connectivity index (χ4v) is 2.32. The van der Waals surface area contributed by atoms with Gasteiger partial charge in [0.25, 0.3) is 0 Å². The van der Waals surface area contributed by atoms with Crippen LogP contribution in [0.1, 0.15) is 17.5 Å². The predicted octanol–water partition coefficient (Wildman–Crippen LogP) is 1.89. The van der Waals surface area contributed by atoms with Crippen LogP contribution in [0.5, 0.6) is 11.5 Å². The van der Waals surface area contributed by atoms with E-state index in [9.17, 15) is 15.0 Å². The molecule has 0 heterocycles. The molecule has 0 fully saturated rings. The van der Waals surface area contributed by atoms with Gasteiger partial charge in [0.15, 0.2) is 0 Å². The molecular weight excluding hydrogens is 310 g/mol. The van der Waals surface area contributed by atoms with E-state index in [4.69, 9.17) is 9.94 Å². The third-order valence-electron chi connectivity index (χ3n) is 3.64. The zero-order chi connectivity index (χ0) is 17.4. The van der Waals surface area contributed by atoms with Gasteiger partial charge in [-0.3, -0.25) is 9.63 Å². The SMILES string of the molecule is O=C(NOCc1ccccc1)C(CCO)Cc1ccc(O)cc1O. The normalized spacial score (nSPS) is 11.9. The van der Waals surface area contributed by atoms with Crippen LogP contribution in [0, 0.1) is 5.92 Å². The molecule has 0 saturated heterocycles. The van der Waals surface area contributed by atoms with Crippen LogP contribution >= 0.6 is 0 Å². The summed E-state index contributed by atoms with van der Waals surface area (Å²) in [4.78, 5) is 17.4. The Morgan fingerprint density at radius 1 is 1.12 bits per heavy atom. The molecule has 6 nitrogen and oxygen atoms in total. The number of carbonyl (C=O) groups is 1. The summed E-state index contributed by atoms with van der Waals surface area (Å²) in [6.45, 7) is 0.0818. The summed E-state index contributed by atoms with van der Waals surface area (Å²) in [7, 11) is 0. The maximum atomic E-state index is 12.2. The van der Waals surface area contributed by atoms with Crippen molar-refractivity contribution in [3.63, 3.8) is 0 Å². The van der Waals surface area contributed by atoms with Gasteiger partial charge in [-0.2, -0.15) is 0 Å². The van der Waals surface area contributed by atoms with E-state index in [1.807, 2.05) is 30.3 Å². The summed E-state index contributed by atoms with van der Waals surface area (Å²) in [6, 6.07) is 13.6. The topological polar surface area (TPSA) is 99.0 Å². The third-order valence-corrected chi connectivity index (χ3v) is 3.64. The van der Waals surface area contributed by atoms with Crippen LogP contribution in [-0.2, 0) is 22.7 Å². The Morgan fingerprint density at radius 2 is 1.88 bits per heavy atom. The van der Waals surface area contributed by atoms with Crippen LogP contribution in [-0.4, -0.2) is 27.8 Å². The highest BCUT2D eigenvalue weighted by atomic mass is 16.6. The Morgan fingerprint density at radius 3 is 2.54 bits per heavy atom. The number of amides is 1. The van der Waals surface area contributed by atoms with Crippen LogP contribution in [0.15, 0.2) is 48.5 Å². The van der Waals surface area contributed by atoms with Crippen LogP contribution in [0.3, 0.4) is 0 Å². The van der Waals surface area contributed by atoms with E-state index in [1.165, 1.54) is 12.1 Å². The first kappa shape index (κ1) is 17.8. The van der Waals surface area contributed by atoms with Gasteiger partial charge in [-0.1, -0.05) is 36.4 Å². The first-order valence-corrected chi connectivity index (χ1v) is 7.67. The average molecular weight is 331 g/mol. The highest BCUT2D eigenvalue weighted by molar-refractivity contribution is 5.78. The van der Waals surface area contributed by atoms with Gasteiger partial charge in [-0.25, -0.2) is 5.48 Å². The summed E-state index contributed by atoms with van der Waals surface area (Å²) < 4.78 is 0. The summed E-state index contributed by atoms with van der Waals surface area (Å²) >= 11 is 0. The van der Waals surface area contributed by atoms with Gasteiger partial charge in [-0.15, -0.1) is 0 Å². The second kappa shape index (κ2) is 8.90. The quantitative estimate of drug-likeness (QED) is 0.554. The van der Waals surface area contributed by atoms with Gasteiger partial charge in [0.05, 0.1) is 6.61 Å². The molecule has 2 aromatic carbocycles. The molecule has 0 saturated carbocycles. The molecule has 1 unspecified atom stereocenters. The van der Waals surface area contributed by atoms with Crippen molar-refractivity contribution < 1.29 is 25.0 Å². The summed E-state index contributed by atoms with van der Waals surface area (Å²) in [5.74, 6) is -1.06. The van der Waals surface area contributed by atoms with E-state index >= 15 is 0 Å². The molecule has 0 aliphatic rings. The molecule has 6 heteroatoms. The number of phenolic OH excluding ortho intramolecular Hbond substituents is 2. The number of hydrogen-bond acceptors (Lipinski definition) is 5. The predicted molar refractivity (Wildman–Crippen MR) is 88.0 cm³/mol. The van der Waals surface area contributed by atoms with Crippen molar-refractivity contribution >= 4 is 5.91 Å². The molecule has 2 aromatic rings. The summed E-state index contributed by atoms with van der Waals surface area (Å²) in [5, 5.41) is 28.3. The van der Waals surface area contributed by atoms with Crippen molar-refractivity contribution in [1.82, 2.24) is 5.48 Å². The van der Waals surface area contributed by atoms with E-state index in [2.05, 4.69) is 5.48 Å². The zero-order valence-electron chi connectivity index (χ0n) is 13.2. The Bertz CT molecular complexity index is 660. The molecule has 0 aliphatic carbocycles. The van der Waals surface area contributed by atoms with Gasteiger partial charge in [0.1, 0.15) is 11.5 Å². The maximum absolute atomic E-state index is 12.2. The smallest absolute Gasteiger partial charge is 0.247 e. The fourth-order valence-electron chi connectivity index (χ4n) is 2.32. The molecule has 24 heavy (non-hydrogen) atoms. The Hall–Kier alpha value is -2.57. The van der Waals surface area contributed by atoms with E-state index in [0.717, 1.165) is 5.56 Å². The number of nitrogens with one attached hydrogen (secondary N) is 1. The average Bonchev–Trinajstić information content (AvgIpc) is 2.57. The number of aliphatic hydroxyl groups excluding tert-OH is 1. The van der Waals surface area contributed by atoms with Crippen LogP contribution in [0.4, 0.5) is 0 Å². The molecule has 1 atom stereocenters. The Kier molecular flexibility index (Phi) is 6.60. The lowest BCUT2D eigenvalue weighted by Crippen LogP contribution is -2.32. The van der Waals surface area contributed by atoms with Gasteiger partial charge in [0.2, 0.25) is 5.91 Å². The summed E-state index contributed by atoms with van der Waals surface area (Å²) in [6.07, 6.45) is 0.466. The fraction of sp³-hybridized carbons (Fsp3) is 0.278.